The lowest BCUT2D eigenvalue weighted by atomic mass is 10.1. The zero-order chi connectivity index (χ0) is 15.3. The smallest absolute Gasteiger partial charge is 0.339 e. The number of hydrogen-bond donors (Lipinski definition) is 2. The molecule has 0 aliphatic rings. The van der Waals surface area contributed by atoms with Crippen molar-refractivity contribution in [2.45, 2.75) is 20.0 Å². The Morgan fingerprint density at radius 2 is 1.95 bits per heavy atom. The molecule has 3 amide bonds. The highest BCUT2D eigenvalue weighted by Gasteiger charge is 2.27. The SMILES string of the molecule is CC(C)[C@H](OC(=O)c1cccc(F)c1)C(=O)NC(N)=O. The van der Waals surface area contributed by atoms with Crippen LogP contribution in [0.5, 0.6) is 0 Å². The molecular weight excluding hydrogens is 267 g/mol. The van der Waals surface area contributed by atoms with E-state index in [1.807, 2.05) is 5.32 Å². The van der Waals surface area contributed by atoms with Gasteiger partial charge in [0.2, 0.25) is 0 Å². The number of halogens is 1. The van der Waals surface area contributed by atoms with Crippen LogP contribution < -0.4 is 11.1 Å². The molecule has 0 aliphatic heterocycles. The predicted octanol–water partition coefficient (Wildman–Crippen LogP) is 1.20. The summed E-state index contributed by atoms with van der Waals surface area (Å²) in [6.45, 7) is 3.26. The van der Waals surface area contributed by atoms with Crippen molar-refractivity contribution in [3.05, 3.63) is 35.6 Å². The van der Waals surface area contributed by atoms with Crippen LogP contribution in [-0.2, 0) is 9.53 Å². The maximum Gasteiger partial charge on any atom is 0.339 e. The van der Waals surface area contributed by atoms with Gasteiger partial charge in [0, 0.05) is 0 Å². The van der Waals surface area contributed by atoms with Gasteiger partial charge >= 0.3 is 12.0 Å². The summed E-state index contributed by atoms with van der Waals surface area (Å²) in [6, 6.07) is 3.83. The van der Waals surface area contributed by atoms with Crippen molar-refractivity contribution in [3.63, 3.8) is 0 Å². The number of rotatable bonds is 4. The monoisotopic (exact) mass is 282 g/mol. The topological polar surface area (TPSA) is 98.5 Å². The number of primary amides is 1. The lowest BCUT2D eigenvalue weighted by Gasteiger charge is -2.19. The van der Waals surface area contributed by atoms with E-state index in [9.17, 15) is 18.8 Å². The molecule has 20 heavy (non-hydrogen) atoms. The highest BCUT2D eigenvalue weighted by Crippen LogP contribution is 2.12. The van der Waals surface area contributed by atoms with E-state index in [4.69, 9.17) is 10.5 Å². The molecule has 1 rings (SSSR count). The molecular formula is C13H15FN2O4. The second kappa shape index (κ2) is 6.65. The van der Waals surface area contributed by atoms with Gasteiger partial charge in [-0.2, -0.15) is 0 Å². The zero-order valence-electron chi connectivity index (χ0n) is 11.1. The minimum atomic E-state index is -1.20. The maximum absolute atomic E-state index is 13.0. The highest BCUT2D eigenvalue weighted by atomic mass is 19.1. The van der Waals surface area contributed by atoms with Crippen molar-refractivity contribution < 1.29 is 23.5 Å². The predicted molar refractivity (Wildman–Crippen MR) is 68.2 cm³/mol. The molecule has 0 heterocycles. The number of carbonyl (C=O) groups is 3. The number of esters is 1. The number of nitrogens with two attached hydrogens (primary N) is 1. The van der Waals surface area contributed by atoms with Crippen LogP contribution in [-0.4, -0.2) is 24.0 Å². The highest BCUT2D eigenvalue weighted by molar-refractivity contribution is 5.98. The maximum atomic E-state index is 13.0. The van der Waals surface area contributed by atoms with Gasteiger partial charge in [-0.3, -0.25) is 10.1 Å². The third-order valence-corrected chi connectivity index (χ3v) is 2.40. The molecule has 0 radical (unpaired) electrons. The molecule has 0 aliphatic carbocycles. The summed E-state index contributed by atoms with van der Waals surface area (Å²) < 4.78 is 18.0. The van der Waals surface area contributed by atoms with E-state index < -0.39 is 29.8 Å². The Balaban J connectivity index is 2.83. The molecule has 6 nitrogen and oxygen atoms in total. The number of urea groups is 1. The fourth-order valence-electron chi connectivity index (χ4n) is 1.48. The largest absolute Gasteiger partial charge is 0.448 e. The van der Waals surface area contributed by atoms with E-state index in [0.29, 0.717) is 0 Å². The van der Waals surface area contributed by atoms with Gasteiger partial charge < -0.3 is 10.5 Å². The molecule has 0 unspecified atom stereocenters. The first kappa shape index (κ1) is 15.6. The number of benzene rings is 1. The molecule has 1 atom stereocenters. The Hall–Kier alpha value is -2.44. The summed E-state index contributed by atoms with van der Waals surface area (Å²) in [5.74, 6) is -2.66. The van der Waals surface area contributed by atoms with Gasteiger partial charge in [-0.25, -0.2) is 14.0 Å². The van der Waals surface area contributed by atoms with Crippen molar-refractivity contribution in [1.82, 2.24) is 5.32 Å². The van der Waals surface area contributed by atoms with Crippen LogP contribution in [0.4, 0.5) is 9.18 Å². The molecule has 108 valence electrons. The number of carbonyl (C=O) groups excluding carboxylic acids is 3. The lowest BCUT2D eigenvalue weighted by Crippen LogP contribution is -2.45. The number of ether oxygens (including phenoxy) is 1. The molecule has 3 N–H and O–H groups in total. The first-order valence-electron chi connectivity index (χ1n) is 5.88. The third-order valence-electron chi connectivity index (χ3n) is 2.40. The summed E-state index contributed by atoms with van der Waals surface area (Å²) in [6.07, 6.45) is -1.20. The molecule has 0 aromatic heterocycles. The van der Waals surface area contributed by atoms with Crippen LogP contribution in [0.1, 0.15) is 24.2 Å². The quantitative estimate of drug-likeness (QED) is 0.811. The molecule has 0 spiro atoms. The van der Waals surface area contributed by atoms with Crippen LogP contribution in [0.15, 0.2) is 24.3 Å². The normalized spacial score (nSPS) is 11.8. The van der Waals surface area contributed by atoms with Gasteiger partial charge in [-0.15, -0.1) is 0 Å². The van der Waals surface area contributed by atoms with Crippen LogP contribution in [0.2, 0.25) is 0 Å². The van der Waals surface area contributed by atoms with Gasteiger partial charge in [0.1, 0.15) is 5.82 Å². The van der Waals surface area contributed by atoms with Gasteiger partial charge in [-0.05, 0) is 24.1 Å². The summed E-state index contributed by atoms with van der Waals surface area (Å²) >= 11 is 0. The zero-order valence-corrected chi connectivity index (χ0v) is 11.1. The van der Waals surface area contributed by atoms with Gasteiger partial charge in [0.25, 0.3) is 5.91 Å². The molecule has 1 aromatic carbocycles. The van der Waals surface area contributed by atoms with Crippen LogP contribution in [0.25, 0.3) is 0 Å². The molecule has 0 bridgehead atoms. The Kier molecular flexibility index (Phi) is 5.19. The fraction of sp³-hybridized carbons (Fsp3) is 0.308. The van der Waals surface area contributed by atoms with Crippen LogP contribution >= 0.6 is 0 Å². The van der Waals surface area contributed by atoms with E-state index in [1.54, 1.807) is 13.8 Å². The summed E-state index contributed by atoms with van der Waals surface area (Å²) in [4.78, 5) is 34.1. The van der Waals surface area contributed by atoms with E-state index in [2.05, 4.69) is 0 Å². The summed E-state index contributed by atoms with van der Waals surface area (Å²) in [5.41, 5.74) is 4.81. The minimum absolute atomic E-state index is 0.0254. The number of hydrogen-bond acceptors (Lipinski definition) is 4. The number of nitrogens with one attached hydrogen (secondary N) is 1. The van der Waals surface area contributed by atoms with Crippen LogP contribution in [0, 0.1) is 11.7 Å². The van der Waals surface area contributed by atoms with Crippen molar-refractivity contribution in [1.29, 1.82) is 0 Å². The van der Waals surface area contributed by atoms with Crippen molar-refractivity contribution in [2.75, 3.05) is 0 Å². The lowest BCUT2D eigenvalue weighted by molar-refractivity contribution is -0.130. The first-order valence-corrected chi connectivity index (χ1v) is 5.88. The summed E-state index contributed by atoms with van der Waals surface area (Å²) in [7, 11) is 0. The molecule has 0 fully saturated rings. The Morgan fingerprint density at radius 3 is 2.45 bits per heavy atom. The van der Waals surface area contributed by atoms with E-state index in [0.717, 1.165) is 6.07 Å². The van der Waals surface area contributed by atoms with E-state index >= 15 is 0 Å². The molecule has 0 saturated heterocycles. The summed E-state index contributed by atoms with van der Waals surface area (Å²) in [5, 5.41) is 1.84. The average molecular weight is 282 g/mol. The first-order chi connectivity index (χ1) is 9.31. The standard InChI is InChI=1S/C13H15FN2O4/c1-7(2)10(11(17)16-13(15)19)20-12(18)8-4-3-5-9(14)6-8/h3-7,10H,1-2H3,(H3,15,16,17,19)/t10-/m0/s1. The average Bonchev–Trinajstić information content (AvgIpc) is 2.34. The van der Waals surface area contributed by atoms with Crippen molar-refractivity contribution in [2.24, 2.45) is 11.7 Å². The van der Waals surface area contributed by atoms with Gasteiger partial charge in [0.15, 0.2) is 6.10 Å². The molecule has 7 heteroatoms. The minimum Gasteiger partial charge on any atom is -0.448 e. The number of imide groups is 1. The Bertz CT molecular complexity index is 531. The van der Waals surface area contributed by atoms with Crippen molar-refractivity contribution in [3.8, 4) is 0 Å². The second-order valence-electron chi connectivity index (χ2n) is 4.43. The number of amides is 3. The Labute approximate surface area is 115 Å². The Morgan fingerprint density at radius 1 is 1.30 bits per heavy atom. The van der Waals surface area contributed by atoms with E-state index in [1.165, 1.54) is 18.2 Å². The fourth-order valence-corrected chi connectivity index (χ4v) is 1.48. The van der Waals surface area contributed by atoms with Gasteiger partial charge in [-0.1, -0.05) is 19.9 Å². The van der Waals surface area contributed by atoms with Crippen LogP contribution in [0.3, 0.4) is 0 Å². The molecule has 1 aromatic rings. The van der Waals surface area contributed by atoms with Crippen molar-refractivity contribution >= 4 is 17.9 Å². The van der Waals surface area contributed by atoms with E-state index in [-0.39, 0.29) is 11.5 Å². The molecule has 0 saturated carbocycles. The van der Waals surface area contributed by atoms with Gasteiger partial charge in [0.05, 0.1) is 5.56 Å². The third kappa shape index (κ3) is 4.34. The second-order valence-corrected chi connectivity index (χ2v) is 4.43.